The first-order valence-corrected chi connectivity index (χ1v) is 11.4. The Labute approximate surface area is 183 Å². The van der Waals surface area contributed by atoms with Crippen LogP contribution in [0.4, 0.5) is 5.69 Å². The second-order valence-electron chi connectivity index (χ2n) is 6.73. The maximum absolute atomic E-state index is 13.0. The Hall–Kier alpha value is -2.12. The fourth-order valence-corrected chi connectivity index (χ4v) is 4.52. The Morgan fingerprint density at radius 3 is 2.66 bits per heavy atom. The monoisotopic (exact) mass is 473 g/mol. The van der Waals surface area contributed by atoms with Gasteiger partial charge < -0.3 is 4.90 Å². The van der Waals surface area contributed by atoms with Gasteiger partial charge in [0.2, 0.25) is 5.91 Å². The van der Waals surface area contributed by atoms with Gasteiger partial charge >= 0.3 is 0 Å². The molecule has 2 aromatic carbocycles. The Balaban J connectivity index is 1.90. The molecule has 0 unspecified atom stereocenters. The van der Waals surface area contributed by atoms with Gasteiger partial charge in [-0.25, -0.2) is 4.98 Å². The third-order valence-electron chi connectivity index (χ3n) is 4.68. The lowest BCUT2D eigenvalue weighted by Gasteiger charge is -2.23. The van der Waals surface area contributed by atoms with E-state index >= 15 is 0 Å². The molecule has 0 aliphatic heterocycles. The van der Waals surface area contributed by atoms with E-state index in [1.165, 1.54) is 11.8 Å². The summed E-state index contributed by atoms with van der Waals surface area (Å²) in [5, 5.41) is 1.17. The number of hydrogen-bond donors (Lipinski definition) is 0. The molecular weight excluding hydrogens is 450 g/mol. The highest BCUT2D eigenvalue weighted by atomic mass is 79.9. The molecule has 0 bridgehead atoms. The van der Waals surface area contributed by atoms with Crippen molar-refractivity contribution in [2.24, 2.45) is 0 Å². The first-order valence-electron chi connectivity index (χ1n) is 9.65. The van der Waals surface area contributed by atoms with E-state index in [2.05, 4.69) is 20.9 Å². The number of rotatable bonds is 7. The molecule has 0 fully saturated rings. The summed E-state index contributed by atoms with van der Waals surface area (Å²) in [7, 11) is 0. The SMILES string of the molecule is CCCn1c(SCC(=O)N(CC)c2ccccc2C)nc2ccc(Br)cc2c1=O. The third-order valence-corrected chi connectivity index (χ3v) is 6.13. The topological polar surface area (TPSA) is 55.2 Å². The number of nitrogens with zero attached hydrogens (tertiary/aromatic N) is 3. The number of hydrogen-bond acceptors (Lipinski definition) is 4. The predicted octanol–water partition coefficient (Wildman–Crippen LogP) is 5.02. The van der Waals surface area contributed by atoms with Crippen molar-refractivity contribution in [3.05, 3.63) is 62.9 Å². The summed E-state index contributed by atoms with van der Waals surface area (Å²) < 4.78 is 2.52. The van der Waals surface area contributed by atoms with Crippen LogP contribution in [0.3, 0.4) is 0 Å². The number of halogens is 1. The van der Waals surface area contributed by atoms with Gasteiger partial charge in [0, 0.05) is 23.2 Å². The van der Waals surface area contributed by atoms with Crippen LogP contribution in [0.25, 0.3) is 10.9 Å². The van der Waals surface area contributed by atoms with Crippen LogP contribution in [0.1, 0.15) is 25.8 Å². The van der Waals surface area contributed by atoms with Gasteiger partial charge in [0.25, 0.3) is 5.56 Å². The van der Waals surface area contributed by atoms with Gasteiger partial charge in [-0.3, -0.25) is 14.2 Å². The van der Waals surface area contributed by atoms with Crippen LogP contribution in [-0.4, -0.2) is 27.8 Å². The van der Waals surface area contributed by atoms with Crippen LogP contribution < -0.4 is 10.5 Å². The third kappa shape index (κ3) is 4.73. The molecule has 1 aromatic heterocycles. The molecule has 0 spiro atoms. The minimum Gasteiger partial charge on any atom is -0.312 e. The maximum Gasteiger partial charge on any atom is 0.262 e. The van der Waals surface area contributed by atoms with Gasteiger partial charge in [-0.05, 0) is 50.1 Å². The highest BCUT2D eigenvalue weighted by molar-refractivity contribution is 9.10. The van der Waals surface area contributed by atoms with E-state index in [0.717, 1.165) is 22.1 Å². The number of aromatic nitrogens is 2. The summed E-state index contributed by atoms with van der Waals surface area (Å²) in [4.78, 5) is 32.4. The zero-order valence-electron chi connectivity index (χ0n) is 16.8. The van der Waals surface area contributed by atoms with Crippen LogP contribution in [0, 0.1) is 6.92 Å². The second-order valence-corrected chi connectivity index (χ2v) is 8.58. The van der Waals surface area contributed by atoms with E-state index in [0.29, 0.717) is 29.1 Å². The fraction of sp³-hybridized carbons (Fsp3) is 0.318. The molecule has 0 radical (unpaired) electrons. The fourth-order valence-electron chi connectivity index (χ4n) is 3.26. The van der Waals surface area contributed by atoms with Crippen molar-refractivity contribution in [1.29, 1.82) is 0 Å². The summed E-state index contributed by atoms with van der Waals surface area (Å²) in [6, 6.07) is 13.4. The van der Waals surface area contributed by atoms with Crippen LogP contribution >= 0.6 is 27.7 Å². The zero-order chi connectivity index (χ0) is 21.0. The molecule has 0 aliphatic carbocycles. The predicted molar refractivity (Wildman–Crippen MR) is 124 cm³/mol. The average Bonchev–Trinajstić information content (AvgIpc) is 2.71. The molecular formula is C22H24BrN3O2S. The Bertz CT molecular complexity index is 1100. The molecule has 3 aromatic rings. The number of fused-ring (bicyclic) bond motifs is 1. The minimum atomic E-state index is -0.0700. The van der Waals surface area contributed by atoms with Crippen LogP contribution in [0.5, 0.6) is 0 Å². The molecule has 5 nitrogen and oxygen atoms in total. The Kier molecular flexibility index (Phi) is 7.14. The number of anilines is 1. The molecule has 0 atom stereocenters. The molecule has 0 aliphatic rings. The first-order chi connectivity index (χ1) is 14.0. The van der Waals surface area contributed by atoms with Crippen molar-refractivity contribution in [2.45, 2.75) is 38.9 Å². The summed E-state index contributed by atoms with van der Waals surface area (Å²) >= 11 is 4.74. The highest BCUT2D eigenvalue weighted by Crippen LogP contribution is 2.24. The number of aryl methyl sites for hydroxylation is 1. The van der Waals surface area contributed by atoms with Crippen molar-refractivity contribution in [2.75, 3.05) is 17.2 Å². The molecule has 0 saturated carbocycles. The molecule has 7 heteroatoms. The Morgan fingerprint density at radius 2 is 1.97 bits per heavy atom. The normalized spacial score (nSPS) is 11.0. The summed E-state index contributed by atoms with van der Waals surface area (Å²) in [6.07, 6.45) is 0.812. The van der Waals surface area contributed by atoms with E-state index in [1.807, 2.05) is 57.2 Å². The lowest BCUT2D eigenvalue weighted by atomic mass is 10.2. The second kappa shape index (κ2) is 9.59. The lowest BCUT2D eigenvalue weighted by Crippen LogP contribution is -2.33. The standard InChI is InChI=1S/C22H24BrN3O2S/c1-4-12-26-21(28)17-13-16(23)10-11-18(17)24-22(26)29-14-20(27)25(5-2)19-9-7-6-8-15(19)3/h6-11,13H,4-5,12,14H2,1-3H3. The summed E-state index contributed by atoms with van der Waals surface area (Å²) in [5.74, 6) is 0.223. The number of amides is 1. The van der Waals surface area contributed by atoms with E-state index in [1.54, 1.807) is 15.5 Å². The largest absolute Gasteiger partial charge is 0.312 e. The number of carbonyl (C=O) groups excluding carboxylic acids is 1. The maximum atomic E-state index is 13.0. The van der Waals surface area contributed by atoms with Gasteiger partial charge in [-0.15, -0.1) is 0 Å². The lowest BCUT2D eigenvalue weighted by molar-refractivity contribution is -0.116. The van der Waals surface area contributed by atoms with E-state index < -0.39 is 0 Å². The minimum absolute atomic E-state index is 0.000000472. The van der Waals surface area contributed by atoms with Crippen molar-refractivity contribution < 1.29 is 4.79 Å². The molecule has 152 valence electrons. The van der Waals surface area contributed by atoms with Gasteiger partial charge in [-0.1, -0.05) is 52.8 Å². The Morgan fingerprint density at radius 1 is 1.21 bits per heavy atom. The number of thioether (sulfide) groups is 1. The number of carbonyl (C=O) groups is 1. The van der Waals surface area contributed by atoms with Crippen LogP contribution in [0.15, 0.2) is 56.9 Å². The van der Waals surface area contributed by atoms with Crippen molar-refractivity contribution in [3.63, 3.8) is 0 Å². The van der Waals surface area contributed by atoms with E-state index in [-0.39, 0.29) is 17.2 Å². The zero-order valence-corrected chi connectivity index (χ0v) is 19.2. The van der Waals surface area contributed by atoms with Crippen molar-refractivity contribution in [3.8, 4) is 0 Å². The molecule has 0 N–H and O–H groups in total. The van der Waals surface area contributed by atoms with Crippen molar-refractivity contribution >= 4 is 50.2 Å². The summed E-state index contributed by atoms with van der Waals surface area (Å²) in [5.41, 5.74) is 2.55. The smallest absolute Gasteiger partial charge is 0.262 e. The van der Waals surface area contributed by atoms with Gasteiger partial charge in [0.05, 0.1) is 16.7 Å². The van der Waals surface area contributed by atoms with E-state index in [4.69, 9.17) is 0 Å². The van der Waals surface area contributed by atoms with Crippen molar-refractivity contribution in [1.82, 2.24) is 9.55 Å². The van der Waals surface area contributed by atoms with Crippen LogP contribution in [0.2, 0.25) is 0 Å². The molecule has 29 heavy (non-hydrogen) atoms. The van der Waals surface area contributed by atoms with Gasteiger partial charge in [-0.2, -0.15) is 0 Å². The molecule has 1 heterocycles. The molecule has 0 saturated heterocycles. The average molecular weight is 474 g/mol. The van der Waals surface area contributed by atoms with E-state index in [9.17, 15) is 9.59 Å². The summed E-state index contributed by atoms with van der Waals surface area (Å²) in [6.45, 7) is 7.15. The quantitative estimate of drug-likeness (QED) is 0.356. The highest BCUT2D eigenvalue weighted by Gasteiger charge is 2.18. The number of benzene rings is 2. The first kappa shape index (κ1) is 21.6. The number of para-hydroxylation sites is 1. The van der Waals surface area contributed by atoms with Gasteiger partial charge in [0.15, 0.2) is 5.16 Å². The molecule has 1 amide bonds. The van der Waals surface area contributed by atoms with Crippen LogP contribution in [-0.2, 0) is 11.3 Å². The molecule has 3 rings (SSSR count). The van der Waals surface area contributed by atoms with Gasteiger partial charge in [0.1, 0.15) is 0 Å².